The first kappa shape index (κ1) is 18.3. The van der Waals surface area contributed by atoms with Crippen LogP contribution in [0.5, 0.6) is 0 Å². The Morgan fingerprint density at radius 1 is 1.14 bits per heavy atom. The van der Waals surface area contributed by atoms with Gasteiger partial charge in [-0.15, -0.1) is 0 Å². The summed E-state index contributed by atoms with van der Waals surface area (Å²) in [5.41, 5.74) is 0. The number of hydrogen-bond donors (Lipinski definition) is 0. The van der Waals surface area contributed by atoms with Crippen LogP contribution in [0.15, 0.2) is 37.0 Å². The Hall–Kier alpha value is -2.72. The van der Waals surface area contributed by atoms with E-state index in [1.807, 2.05) is 6.92 Å². The number of carbonyl (C=O) groups is 2. The normalized spacial score (nSPS) is 12.5. The standard InChI is InChI=1S/C17H18O4/c1-5-7-9-10-11-13-17(21-15(4)19)16(12-8-6-2)20-14(3)18/h5-8,12,16-17H,2H2,1,3-4H3. The highest BCUT2D eigenvalue weighted by molar-refractivity contribution is 5.68. The summed E-state index contributed by atoms with van der Waals surface area (Å²) in [5.74, 6) is 9.45. The van der Waals surface area contributed by atoms with E-state index in [2.05, 4.69) is 30.3 Å². The van der Waals surface area contributed by atoms with Gasteiger partial charge in [0.1, 0.15) is 0 Å². The van der Waals surface area contributed by atoms with Crippen molar-refractivity contribution >= 4 is 11.9 Å². The van der Waals surface area contributed by atoms with Gasteiger partial charge in [-0.05, 0) is 36.8 Å². The predicted molar refractivity (Wildman–Crippen MR) is 80.8 cm³/mol. The van der Waals surface area contributed by atoms with Crippen molar-refractivity contribution in [1.29, 1.82) is 0 Å². The van der Waals surface area contributed by atoms with Crippen molar-refractivity contribution in [2.45, 2.75) is 33.0 Å². The zero-order chi connectivity index (χ0) is 16.1. The lowest BCUT2D eigenvalue weighted by Gasteiger charge is -2.19. The molecule has 0 aliphatic carbocycles. The summed E-state index contributed by atoms with van der Waals surface area (Å²) in [6.07, 6.45) is 6.29. The molecule has 0 spiro atoms. The van der Waals surface area contributed by atoms with Crippen LogP contribution in [0.4, 0.5) is 0 Å². The van der Waals surface area contributed by atoms with Crippen molar-refractivity contribution in [2.75, 3.05) is 0 Å². The maximum absolute atomic E-state index is 11.1. The molecule has 0 saturated heterocycles. The molecule has 4 heteroatoms. The third kappa shape index (κ3) is 9.81. The summed E-state index contributed by atoms with van der Waals surface area (Å²) in [7, 11) is 0. The topological polar surface area (TPSA) is 52.6 Å². The van der Waals surface area contributed by atoms with Crippen molar-refractivity contribution in [1.82, 2.24) is 0 Å². The number of carbonyl (C=O) groups excluding carboxylic acids is 2. The molecule has 2 unspecified atom stereocenters. The molecule has 0 N–H and O–H groups in total. The first-order valence-electron chi connectivity index (χ1n) is 6.27. The molecule has 0 bridgehead atoms. The van der Waals surface area contributed by atoms with E-state index in [-0.39, 0.29) is 0 Å². The van der Waals surface area contributed by atoms with Crippen LogP contribution in [0.1, 0.15) is 20.8 Å². The van der Waals surface area contributed by atoms with E-state index in [1.54, 1.807) is 18.2 Å². The lowest BCUT2D eigenvalue weighted by molar-refractivity contribution is -0.157. The Bertz CT molecular complexity index is 547. The van der Waals surface area contributed by atoms with Gasteiger partial charge in [-0.3, -0.25) is 9.59 Å². The monoisotopic (exact) mass is 286 g/mol. The summed E-state index contributed by atoms with van der Waals surface area (Å²) in [6, 6.07) is 0. The molecule has 0 aliphatic rings. The summed E-state index contributed by atoms with van der Waals surface area (Å²) in [6.45, 7) is 7.88. The molecule has 0 rings (SSSR count). The van der Waals surface area contributed by atoms with Gasteiger partial charge >= 0.3 is 11.9 Å². The molecule has 110 valence electrons. The number of hydrogen-bond acceptors (Lipinski definition) is 4. The number of allylic oxidation sites excluding steroid dienone is 4. The van der Waals surface area contributed by atoms with Gasteiger partial charge < -0.3 is 9.47 Å². The minimum absolute atomic E-state index is 0.507. The van der Waals surface area contributed by atoms with E-state index >= 15 is 0 Å². The zero-order valence-corrected chi connectivity index (χ0v) is 12.4. The molecule has 0 aromatic rings. The second-order valence-corrected chi connectivity index (χ2v) is 3.76. The minimum Gasteiger partial charge on any atom is -0.453 e. The lowest BCUT2D eigenvalue weighted by Crippen LogP contribution is -2.31. The van der Waals surface area contributed by atoms with Gasteiger partial charge in [0.05, 0.1) is 0 Å². The highest BCUT2D eigenvalue weighted by Crippen LogP contribution is 2.07. The van der Waals surface area contributed by atoms with E-state index in [4.69, 9.17) is 9.47 Å². The summed E-state index contributed by atoms with van der Waals surface area (Å²) < 4.78 is 10.1. The number of ether oxygens (including phenoxy) is 2. The molecule has 4 nitrogen and oxygen atoms in total. The Morgan fingerprint density at radius 2 is 1.81 bits per heavy atom. The fourth-order valence-electron chi connectivity index (χ4n) is 1.21. The van der Waals surface area contributed by atoms with Crippen LogP contribution in [-0.4, -0.2) is 24.1 Å². The predicted octanol–water partition coefficient (Wildman–Crippen LogP) is 2.17. The molecule has 0 radical (unpaired) electrons. The third-order valence-corrected chi connectivity index (χ3v) is 1.93. The first-order valence-corrected chi connectivity index (χ1v) is 6.27. The molecule has 0 heterocycles. The SMILES string of the molecule is C=CC=CC(OC(C)=O)C(C#CC#CC=CC)OC(C)=O. The average Bonchev–Trinajstić information content (AvgIpc) is 2.41. The van der Waals surface area contributed by atoms with Crippen LogP contribution < -0.4 is 0 Å². The van der Waals surface area contributed by atoms with Crippen molar-refractivity contribution in [3.05, 3.63) is 37.0 Å². The Labute approximate surface area is 125 Å². The van der Waals surface area contributed by atoms with Gasteiger partial charge in [-0.25, -0.2) is 0 Å². The molecular weight excluding hydrogens is 268 g/mol. The van der Waals surface area contributed by atoms with Gasteiger partial charge in [-0.1, -0.05) is 30.7 Å². The highest BCUT2D eigenvalue weighted by atomic mass is 16.6. The lowest BCUT2D eigenvalue weighted by atomic mass is 10.2. The molecule has 21 heavy (non-hydrogen) atoms. The van der Waals surface area contributed by atoms with Crippen LogP contribution in [0.2, 0.25) is 0 Å². The van der Waals surface area contributed by atoms with Gasteiger partial charge in [-0.2, -0.15) is 0 Å². The van der Waals surface area contributed by atoms with Crippen molar-refractivity contribution in [3.8, 4) is 23.7 Å². The van der Waals surface area contributed by atoms with Gasteiger partial charge in [0.2, 0.25) is 6.10 Å². The van der Waals surface area contributed by atoms with E-state index in [1.165, 1.54) is 26.0 Å². The Balaban J connectivity index is 5.25. The van der Waals surface area contributed by atoms with E-state index in [0.29, 0.717) is 0 Å². The van der Waals surface area contributed by atoms with E-state index < -0.39 is 24.1 Å². The number of rotatable bonds is 5. The van der Waals surface area contributed by atoms with Crippen LogP contribution >= 0.6 is 0 Å². The van der Waals surface area contributed by atoms with Crippen LogP contribution in [-0.2, 0) is 19.1 Å². The Kier molecular flexibility index (Phi) is 9.69. The molecule has 0 aromatic heterocycles. The summed E-state index contributed by atoms with van der Waals surface area (Å²) in [4.78, 5) is 22.2. The zero-order valence-electron chi connectivity index (χ0n) is 12.4. The Morgan fingerprint density at radius 3 is 2.33 bits per heavy atom. The molecule has 0 saturated carbocycles. The third-order valence-electron chi connectivity index (χ3n) is 1.93. The molecule has 0 aromatic carbocycles. The van der Waals surface area contributed by atoms with Gasteiger partial charge in [0.15, 0.2) is 6.10 Å². The van der Waals surface area contributed by atoms with Crippen LogP contribution in [0.25, 0.3) is 0 Å². The second kappa shape index (κ2) is 11.1. The largest absolute Gasteiger partial charge is 0.453 e. The summed E-state index contributed by atoms with van der Waals surface area (Å²) in [5, 5.41) is 0. The molecular formula is C17H18O4. The first-order chi connectivity index (χ1) is 10.0. The highest BCUT2D eigenvalue weighted by Gasteiger charge is 2.22. The quantitative estimate of drug-likeness (QED) is 0.441. The van der Waals surface area contributed by atoms with Crippen LogP contribution in [0, 0.1) is 23.7 Å². The van der Waals surface area contributed by atoms with E-state index in [0.717, 1.165) is 0 Å². The fraction of sp³-hybridized carbons (Fsp3) is 0.294. The molecule has 0 fully saturated rings. The van der Waals surface area contributed by atoms with Crippen molar-refractivity contribution in [3.63, 3.8) is 0 Å². The summed E-state index contributed by atoms with van der Waals surface area (Å²) >= 11 is 0. The number of esters is 2. The molecule has 0 amide bonds. The average molecular weight is 286 g/mol. The van der Waals surface area contributed by atoms with Crippen molar-refractivity contribution in [2.24, 2.45) is 0 Å². The fourth-order valence-corrected chi connectivity index (χ4v) is 1.21. The molecule has 2 atom stereocenters. The minimum atomic E-state index is -0.928. The molecule has 0 aliphatic heterocycles. The second-order valence-electron chi connectivity index (χ2n) is 3.76. The van der Waals surface area contributed by atoms with Gasteiger partial charge in [0.25, 0.3) is 0 Å². The van der Waals surface area contributed by atoms with E-state index in [9.17, 15) is 9.59 Å². The van der Waals surface area contributed by atoms with Crippen LogP contribution in [0.3, 0.4) is 0 Å². The van der Waals surface area contributed by atoms with Gasteiger partial charge in [0, 0.05) is 13.8 Å². The maximum Gasteiger partial charge on any atom is 0.304 e. The van der Waals surface area contributed by atoms with Crippen molar-refractivity contribution < 1.29 is 19.1 Å². The smallest absolute Gasteiger partial charge is 0.304 e. The maximum atomic E-state index is 11.1.